The largest absolute Gasteiger partial charge is 0.376 e. The van der Waals surface area contributed by atoms with Crippen LogP contribution in [0.1, 0.15) is 19.8 Å². The SMILES string of the molecule is CC1OCCC1NC(=O)CC(N)=O. The minimum absolute atomic E-state index is 0.0202. The lowest BCUT2D eigenvalue weighted by Gasteiger charge is -2.15. The maximum atomic E-state index is 11.1. The lowest BCUT2D eigenvalue weighted by molar-refractivity contribution is -0.128. The number of nitrogens with two attached hydrogens (primary N) is 1. The van der Waals surface area contributed by atoms with Crippen LogP contribution in [0.5, 0.6) is 0 Å². The molecule has 0 aliphatic carbocycles. The van der Waals surface area contributed by atoms with Crippen molar-refractivity contribution in [3.63, 3.8) is 0 Å². The van der Waals surface area contributed by atoms with Crippen molar-refractivity contribution in [3.05, 3.63) is 0 Å². The van der Waals surface area contributed by atoms with Gasteiger partial charge in [-0.15, -0.1) is 0 Å². The Kier molecular flexibility index (Phi) is 3.25. The summed E-state index contributed by atoms with van der Waals surface area (Å²) in [6, 6.07) is 0.0202. The highest BCUT2D eigenvalue weighted by Crippen LogP contribution is 2.12. The molecule has 0 spiro atoms. The summed E-state index contributed by atoms with van der Waals surface area (Å²) >= 11 is 0. The van der Waals surface area contributed by atoms with Crippen LogP contribution in [0, 0.1) is 0 Å². The average molecular weight is 186 g/mol. The normalized spacial score (nSPS) is 27.2. The third kappa shape index (κ3) is 3.02. The topological polar surface area (TPSA) is 81.4 Å². The molecule has 0 aromatic carbocycles. The number of carbonyl (C=O) groups excluding carboxylic acids is 2. The fourth-order valence-electron chi connectivity index (χ4n) is 1.34. The first-order valence-electron chi connectivity index (χ1n) is 4.29. The van der Waals surface area contributed by atoms with Crippen LogP contribution >= 0.6 is 0 Å². The molecule has 2 unspecified atom stereocenters. The highest BCUT2D eigenvalue weighted by atomic mass is 16.5. The highest BCUT2D eigenvalue weighted by molar-refractivity contribution is 5.96. The van der Waals surface area contributed by atoms with Crippen LogP contribution in [0.4, 0.5) is 0 Å². The molecule has 13 heavy (non-hydrogen) atoms. The molecule has 74 valence electrons. The van der Waals surface area contributed by atoms with E-state index < -0.39 is 5.91 Å². The van der Waals surface area contributed by atoms with Gasteiger partial charge in [0.15, 0.2) is 0 Å². The summed E-state index contributed by atoms with van der Waals surface area (Å²) in [6.45, 7) is 2.55. The van der Waals surface area contributed by atoms with Crippen LogP contribution < -0.4 is 11.1 Å². The molecule has 0 radical (unpaired) electrons. The third-order valence-electron chi connectivity index (χ3n) is 2.06. The molecular formula is C8H14N2O3. The van der Waals surface area contributed by atoms with E-state index in [4.69, 9.17) is 10.5 Å². The van der Waals surface area contributed by atoms with Crippen molar-refractivity contribution in [1.29, 1.82) is 0 Å². The van der Waals surface area contributed by atoms with Crippen molar-refractivity contribution in [3.8, 4) is 0 Å². The summed E-state index contributed by atoms with van der Waals surface area (Å²) in [5, 5.41) is 2.70. The monoisotopic (exact) mass is 186 g/mol. The Balaban J connectivity index is 2.31. The van der Waals surface area contributed by atoms with Gasteiger partial charge in [-0.1, -0.05) is 0 Å². The summed E-state index contributed by atoms with van der Waals surface area (Å²) in [5.41, 5.74) is 4.87. The molecule has 1 rings (SSSR count). The first-order valence-corrected chi connectivity index (χ1v) is 4.29. The predicted molar refractivity (Wildman–Crippen MR) is 45.8 cm³/mol. The van der Waals surface area contributed by atoms with E-state index >= 15 is 0 Å². The van der Waals surface area contributed by atoms with Gasteiger partial charge in [-0.25, -0.2) is 0 Å². The molecular weight excluding hydrogens is 172 g/mol. The van der Waals surface area contributed by atoms with E-state index in [2.05, 4.69) is 5.32 Å². The lowest BCUT2D eigenvalue weighted by Crippen LogP contribution is -2.40. The van der Waals surface area contributed by atoms with E-state index in [0.29, 0.717) is 6.61 Å². The van der Waals surface area contributed by atoms with Crippen molar-refractivity contribution < 1.29 is 14.3 Å². The minimum atomic E-state index is -0.607. The number of amides is 2. The van der Waals surface area contributed by atoms with E-state index in [0.717, 1.165) is 6.42 Å². The van der Waals surface area contributed by atoms with Gasteiger partial charge in [0.2, 0.25) is 11.8 Å². The lowest BCUT2D eigenvalue weighted by atomic mass is 10.1. The van der Waals surface area contributed by atoms with E-state index in [9.17, 15) is 9.59 Å². The Morgan fingerprint density at radius 2 is 2.31 bits per heavy atom. The second kappa shape index (κ2) is 4.23. The maximum absolute atomic E-state index is 11.1. The quantitative estimate of drug-likeness (QED) is 0.563. The Hall–Kier alpha value is -1.10. The molecule has 5 nitrogen and oxygen atoms in total. The molecule has 5 heteroatoms. The van der Waals surface area contributed by atoms with Crippen LogP contribution in [0.2, 0.25) is 0 Å². The average Bonchev–Trinajstić information content (AvgIpc) is 2.34. The van der Waals surface area contributed by atoms with Crippen molar-refractivity contribution in [2.24, 2.45) is 5.73 Å². The van der Waals surface area contributed by atoms with Crippen molar-refractivity contribution in [1.82, 2.24) is 5.32 Å². The second-order valence-corrected chi connectivity index (χ2v) is 3.18. The fourth-order valence-corrected chi connectivity index (χ4v) is 1.34. The van der Waals surface area contributed by atoms with Gasteiger partial charge in [0, 0.05) is 6.61 Å². The van der Waals surface area contributed by atoms with Gasteiger partial charge in [0.1, 0.15) is 6.42 Å². The van der Waals surface area contributed by atoms with Gasteiger partial charge in [-0.05, 0) is 13.3 Å². The molecule has 1 saturated heterocycles. The predicted octanol–water partition coefficient (Wildman–Crippen LogP) is -0.845. The molecule has 1 aliphatic heterocycles. The van der Waals surface area contributed by atoms with Gasteiger partial charge in [-0.3, -0.25) is 9.59 Å². The van der Waals surface area contributed by atoms with Gasteiger partial charge < -0.3 is 15.8 Å². The molecule has 2 amide bonds. The molecule has 0 bridgehead atoms. The van der Waals surface area contributed by atoms with E-state index in [1.165, 1.54) is 0 Å². The third-order valence-corrected chi connectivity index (χ3v) is 2.06. The molecule has 1 fully saturated rings. The van der Waals surface area contributed by atoms with Gasteiger partial charge in [0.05, 0.1) is 12.1 Å². The Morgan fingerprint density at radius 1 is 1.62 bits per heavy atom. The number of hydrogen-bond donors (Lipinski definition) is 2. The molecule has 3 N–H and O–H groups in total. The summed E-state index contributed by atoms with van der Waals surface area (Å²) in [5.74, 6) is -0.932. The first kappa shape index (κ1) is 9.98. The number of primary amides is 1. The molecule has 0 aromatic rings. The molecule has 0 saturated carbocycles. The maximum Gasteiger partial charge on any atom is 0.229 e. The second-order valence-electron chi connectivity index (χ2n) is 3.18. The fraction of sp³-hybridized carbons (Fsp3) is 0.750. The van der Waals surface area contributed by atoms with E-state index in [1.807, 2.05) is 6.92 Å². The first-order chi connectivity index (χ1) is 6.09. The Bertz CT molecular complexity index is 217. The number of rotatable bonds is 3. The van der Waals surface area contributed by atoms with Crippen LogP contribution in [-0.2, 0) is 14.3 Å². The minimum Gasteiger partial charge on any atom is -0.376 e. The zero-order chi connectivity index (χ0) is 9.84. The smallest absolute Gasteiger partial charge is 0.229 e. The van der Waals surface area contributed by atoms with E-state index in [1.54, 1.807) is 0 Å². The number of carbonyl (C=O) groups is 2. The van der Waals surface area contributed by atoms with Gasteiger partial charge >= 0.3 is 0 Å². The number of ether oxygens (including phenoxy) is 1. The summed E-state index contributed by atoms with van der Waals surface area (Å²) < 4.78 is 5.24. The standard InChI is InChI=1S/C8H14N2O3/c1-5-6(2-3-13-5)10-8(12)4-7(9)11/h5-6H,2-4H2,1H3,(H2,9,11)(H,10,12). The Labute approximate surface area is 76.6 Å². The zero-order valence-corrected chi connectivity index (χ0v) is 7.58. The zero-order valence-electron chi connectivity index (χ0n) is 7.58. The molecule has 0 aromatic heterocycles. The van der Waals surface area contributed by atoms with Crippen molar-refractivity contribution in [2.45, 2.75) is 31.9 Å². The van der Waals surface area contributed by atoms with Crippen LogP contribution in [0.3, 0.4) is 0 Å². The van der Waals surface area contributed by atoms with Crippen molar-refractivity contribution in [2.75, 3.05) is 6.61 Å². The van der Waals surface area contributed by atoms with Crippen LogP contribution in [0.15, 0.2) is 0 Å². The molecule has 1 aliphatic rings. The van der Waals surface area contributed by atoms with Crippen LogP contribution in [-0.4, -0.2) is 30.6 Å². The number of nitrogens with one attached hydrogen (secondary N) is 1. The van der Waals surface area contributed by atoms with Gasteiger partial charge in [-0.2, -0.15) is 0 Å². The summed E-state index contributed by atoms with van der Waals surface area (Å²) in [6.07, 6.45) is 0.575. The summed E-state index contributed by atoms with van der Waals surface area (Å²) in [7, 11) is 0. The highest BCUT2D eigenvalue weighted by Gasteiger charge is 2.25. The van der Waals surface area contributed by atoms with E-state index in [-0.39, 0.29) is 24.5 Å². The molecule has 2 atom stereocenters. The van der Waals surface area contributed by atoms with Crippen LogP contribution in [0.25, 0.3) is 0 Å². The molecule has 1 heterocycles. The number of hydrogen-bond acceptors (Lipinski definition) is 3. The van der Waals surface area contributed by atoms with Gasteiger partial charge in [0.25, 0.3) is 0 Å². The summed E-state index contributed by atoms with van der Waals surface area (Å²) in [4.78, 5) is 21.5. The Morgan fingerprint density at radius 3 is 2.77 bits per heavy atom. The van der Waals surface area contributed by atoms with Crippen molar-refractivity contribution >= 4 is 11.8 Å².